The number of furan rings is 1. The predicted octanol–water partition coefficient (Wildman–Crippen LogP) is 1.49. The summed E-state index contributed by atoms with van der Waals surface area (Å²) in [4.78, 5) is 15.5. The van der Waals surface area contributed by atoms with Crippen LogP contribution in [-0.4, -0.2) is 9.55 Å². The number of halogens is 1. The normalized spacial score (nSPS) is 10.4. The molecule has 0 spiro atoms. The molecule has 72 valence electrons. The van der Waals surface area contributed by atoms with Crippen LogP contribution in [0.3, 0.4) is 0 Å². The average Bonchev–Trinajstić information content (AvgIpc) is 2.66. The van der Waals surface area contributed by atoms with Crippen molar-refractivity contribution in [2.75, 3.05) is 0 Å². The molecule has 0 atom stereocenters. The van der Waals surface area contributed by atoms with Gasteiger partial charge in [-0.3, -0.25) is 9.36 Å². The second kappa shape index (κ2) is 3.95. The molecule has 0 aliphatic heterocycles. The second-order valence-electron chi connectivity index (χ2n) is 2.81. The molecule has 0 amide bonds. The van der Waals surface area contributed by atoms with Crippen LogP contribution in [0.25, 0.3) is 0 Å². The lowest BCUT2D eigenvalue weighted by Crippen LogP contribution is -2.22. The zero-order valence-electron chi connectivity index (χ0n) is 7.18. The Labute approximate surface area is 93.7 Å². The van der Waals surface area contributed by atoms with Crippen molar-refractivity contribution in [2.24, 2.45) is 0 Å². The highest BCUT2D eigenvalue weighted by molar-refractivity contribution is 14.1. The van der Waals surface area contributed by atoms with Gasteiger partial charge in [0.05, 0.1) is 29.0 Å². The van der Waals surface area contributed by atoms with Crippen molar-refractivity contribution in [3.8, 4) is 0 Å². The van der Waals surface area contributed by atoms with Gasteiger partial charge in [-0.25, -0.2) is 4.98 Å². The van der Waals surface area contributed by atoms with E-state index in [1.807, 2.05) is 28.7 Å². The minimum absolute atomic E-state index is 0.0261. The monoisotopic (exact) mass is 302 g/mol. The van der Waals surface area contributed by atoms with Gasteiger partial charge < -0.3 is 4.42 Å². The number of hydrogen-bond acceptors (Lipinski definition) is 3. The van der Waals surface area contributed by atoms with E-state index in [1.54, 1.807) is 23.3 Å². The van der Waals surface area contributed by atoms with Crippen LogP contribution in [0.1, 0.15) is 5.56 Å². The number of rotatable bonds is 2. The first kappa shape index (κ1) is 9.45. The summed E-state index contributed by atoms with van der Waals surface area (Å²) in [6, 6.07) is 1.83. The molecule has 14 heavy (non-hydrogen) atoms. The van der Waals surface area contributed by atoms with Crippen LogP contribution in [-0.2, 0) is 6.54 Å². The zero-order chi connectivity index (χ0) is 9.97. The molecule has 0 saturated carbocycles. The fourth-order valence-electron chi connectivity index (χ4n) is 1.12. The minimum atomic E-state index is -0.0261. The van der Waals surface area contributed by atoms with E-state index in [0.29, 0.717) is 10.1 Å². The molecule has 0 aliphatic carbocycles. The number of nitrogens with zero attached hydrogens (tertiary/aromatic N) is 2. The summed E-state index contributed by atoms with van der Waals surface area (Å²) in [6.45, 7) is 0.499. The molecule has 2 aromatic rings. The fraction of sp³-hybridized carbons (Fsp3) is 0.111. The van der Waals surface area contributed by atoms with E-state index in [1.165, 1.54) is 6.33 Å². The Kier molecular flexibility index (Phi) is 2.67. The third kappa shape index (κ3) is 1.87. The standard InChI is InChI=1S/C9H7IN2O2/c10-8-3-11-6-12(9(8)13)4-7-1-2-14-5-7/h1-3,5-6H,4H2. The topological polar surface area (TPSA) is 48.0 Å². The second-order valence-corrected chi connectivity index (χ2v) is 3.97. The summed E-state index contributed by atoms with van der Waals surface area (Å²) < 4.78 is 7.09. The van der Waals surface area contributed by atoms with Gasteiger partial charge in [0, 0.05) is 11.8 Å². The Hall–Kier alpha value is -1.11. The van der Waals surface area contributed by atoms with Crippen molar-refractivity contribution in [3.63, 3.8) is 0 Å². The van der Waals surface area contributed by atoms with Crippen molar-refractivity contribution < 1.29 is 4.42 Å². The van der Waals surface area contributed by atoms with E-state index in [2.05, 4.69) is 4.98 Å². The fourth-order valence-corrected chi connectivity index (χ4v) is 1.59. The van der Waals surface area contributed by atoms with Gasteiger partial charge in [0.2, 0.25) is 0 Å². The van der Waals surface area contributed by atoms with Crippen LogP contribution in [0.2, 0.25) is 0 Å². The third-order valence-electron chi connectivity index (χ3n) is 1.79. The van der Waals surface area contributed by atoms with Gasteiger partial charge in [-0.15, -0.1) is 0 Å². The minimum Gasteiger partial charge on any atom is -0.472 e. The summed E-state index contributed by atoms with van der Waals surface area (Å²) in [6.07, 6.45) is 6.28. The first-order valence-electron chi connectivity index (χ1n) is 3.98. The molecule has 5 heteroatoms. The van der Waals surface area contributed by atoms with Gasteiger partial charge in [0.25, 0.3) is 5.56 Å². The first-order valence-corrected chi connectivity index (χ1v) is 5.06. The quantitative estimate of drug-likeness (QED) is 0.790. The maximum atomic E-state index is 11.6. The molecule has 0 radical (unpaired) electrons. The van der Waals surface area contributed by atoms with E-state index in [4.69, 9.17) is 4.42 Å². The van der Waals surface area contributed by atoms with Crippen molar-refractivity contribution in [2.45, 2.75) is 6.54 Å². The first-order chi connectivity index (χ1) is 6.77. The van der Waals surface area contributed by atoms with Crippen LogP contribution < -0.4 is 5.56 Å². The van der Waals surface area contributed by atoms with Crippen LogP contribution in [0, 0.1) is 3.57 Å². The van der Waals surface area contributed by atoms with Gasteiger partial charge in [-0.2, -0.15) is 0 Å². The van der Waals surface area contributed by atoms with Crippen LogP contribution in [0.15, 0.2) is 40.3 Å². The van der Waals surface area contributed by atoms with E-state index in [-0.39, 0.29) is 5.56 Å². The Morgan fingerprint density at radius 3 is 3.14 bits per heavy atom. The molecule has 4 nitrogen and oxygen atoms in total. The molecule has 0 unspecified atom stereocenters. The summed E-state index contributed by atoms with van der Waals surface area (Å²) >= 11 is 1.97. The molecular formula is C9H7IN2O2. The molecule has 0 saturated heterocycles. The van der Waals surface area contributed by atoms with Gasteiger partial charge in [-0.05, 0) is 28.7 Å². The molecular weight excluding hydrogens is 295 g/mol. The zero-order valence-corrected chi connectivity index (χ0v) is 9.34. The van der Waals surface area contributed by atoms with Crippen LogP contribution >= 0.6 is 22.6 Å². The van der Waals surface area contributed by atoms with E-state index in [0.717, 1.165) is 5.56 Å². The van der Waals surface area contributed by atoms with Crippen LogP contribution in [0.4, 0.5) is 0 Å². The van der Waals surface area contributed by atoms with Gasteiger partial charge in [-0.1, -0.05) is 0 Å². The molecule has 0 fully saturated rings. The highest BCUT2D eigenvalue weighted by Gasteiger charge is 2.01. The Morgan fingerprint density at radius 1 is 1.57 bits per heavy atom. The smallest absolute Gasteiger partial charge is 0.267 e. The molecule has 0 aliphatic rings. The molecule has 2 rings (SSSR count). The van der Waals surface area contributed by atoms with E-state index >= 15 is 0 Å². The van der Waals surface area contributed by atoms with Crippen molar-refractivity contribution in [3.05, 3.63) is 50.6 Å². The predicted molar refractivity (Wildman–Crippen MR) is 59.0 cm³/mol. The molecule has 2 aromatic heterocycles. The third-order valence-corrected chi connectivity index (χ3v) is 2.53. The number of hydrogen-bond donors (Lipinski definition) is 0. The van der Waals surface area contributed by atoms with Gasteiger partial charge in [0.15, 0.2) is 0 Å². The Balaban J connectivity index is 2.34. The van der Waals surface area contributed by atoms with Crippen molar-refractivity contribution in [1.82, 2.24) is 9.55 Å². The van der Waals surface area contributed by atoms with Crippen molar-refractivity contribution in [1.29, 1.82) is 0 Å². The summed E-state index contributed by atoms with van der Waals surface area (Å²) in [5, 5.41) is 0. The highest BCUT2D eigenvalue weighted by Crippen LogP contribution is 2.01. The molecule has 0 N–H and O–H groups in total. The van der Waals surface area contributed by atoms with Gasteiger partial charge >= 0.3 is 0 Å². The molecule has 2 heterocycles. The maximum Gasteiger partial charge on any atom is 0.267 e. The van der Waals surface area contributed by atoms with Crippen molar-refractivity contribution >= 4 is 22.6 Å². The number of aromatic nitrogens is 2. The van der Waals surface area contributed by atoms with E-state index in [9.17, 15) is 4.79 Å². The largest absolute Gasteiger partial charge is 0.472 e. The van der Waals surface area contributed by atoms with Gasteiger partial charge in [0.1, 0.15) is 0 Å². The molecule has 0 bridgehead atoms. The maximum absolute atomic E-state index is 11.6. The Morgan fingerprint density at radius 2 is 2.43 bits per heavy atom. The van der Waals surface area contributed by atoms with Crippen LogP contribution in [0.5, 0.6) is 0 Å². The average molecular weight is 302 g/mol. The van der Waals surface area contributed by atoms with E-state index < -0.39 is 0 Å². The highest BCUT2D eigenvalue weighted by atomic mass is 127. The Bertz CT molecular complexity index is 476. The summed E-state index contributed by atoms with van der Waals surface area (Å²) in [5.74, 6) is 0. The lowest BCUT2D eigenvalue weighted by atomic mass is 10.3. The molecule has 0 aromatic carbocycles. The SMILES string of the molecule is O=c1c(I)cncn1Cc1ccoc1. The lowest BCUT2D eigenvalue weighted by Gasteiger charge is -2.01. The lowest BCUT2D eigenvalue weighted by molar-refractivity contribution is 0.561. The summed E-state index contributed by atoms with van der Waals surface area (Å²) in [7, 11) is 0. The summed E-state index contributed by atoms with van der Waals surface area (Å²) in [5.41, 5.74) is 0.928.